The Morgan fingerprint density at radius 2 is 0.959 bits per heavy atom. The fraction of sp³-hybridized carbons (Fsp3) is 0. The highest BCUT2D eigenvalue weighted by Crippen LogP contribution is 2.44. The molecule has 3 heteroatoms. The predicted molar refractivity (Wildman–Crippen MR) is 204 cm³/mol. The molecule has 49 heavy (non-hydrogen) atoms. The number of rotatable bonds is 5. The monoisotopic (exact) mass is 623 g/mol. The van der Waals surface area contributed by atoms with E-state index in [9.17, 15) is 0 Å². The Bertz CT molecular complexity index is 2760. The van der Waals surface area contributed by atoms with Crippen molar-refractivity contribution in [2.75, 3.05) is 0 Å². The van der Waals surface area contributed by atoms with Gasteiger partial charge in [-0.2, -0.15) is 0 Å². The zero-order valence-corrected chi connectivity index (χ0v) is 26.6. The topological polar surface area (TPSA) is 30.7 Å². The SMILES string of the molecule is c1ccc(-n2c(-c3ccc(-c4cc(-c5ccc(-c6cncnc6)cc5)c5ccc6cccc7ccc4c5c67)cc3)cc3ccccc32)cc1. The maximum Gasteiger partial charge on any atom is 0.115 e. The second kappa shape index (κ2) is 11.0. The van der Waals surface area contributed by atoms with Gasteiger partial charge in [-0.05, 0) is 96.0 Å². The minimum atomic E-state index is 1.01. The standard InChI is InChI=1S/C46H29N3/c1-2-10-38(11-3-1)49-43-12-5-4-7-36(43)25-44(49)33-19-17-32(18-20-33)42-26-41(31-15-13-30(14-16-31)37-27-47-29-48-28-37)39-23-21-34-8-6-9-35-22-24-40(42)46(39)45(34)35/h1-29H. The van der Waals surface area contributed by atoms with Crippen LogP contribution in [0.5, 0.6) is 0 Å². The summed E-state index contributed by atoms with van der Waals surface area (Å²) in [5.74, 6) is 0. The van der Waals surface area contributed by atoms with Gasteiger partial charge in [-0.1, -0.05) is 127 Å². The molecule has 0 spiro atoms. The van der Waals surface area contributed by atoms with Crippen molar-refractivity contribution in [2.24, 2.45) is 0 Å². The van der Waals surface area contributed by atoms with Crippen molar-refractivity contribution in [3.8, 4) is 50.3 Å². The molecule has 0 saturated carbocycles. The lowest BCUT2D eigenvalue weighted by Gasteiger charge is -2.18. The van der Waals surface area contributed by atoms with Crippen LogP contribution in [0.15, 0.2) is 176 Å². The molecule has 10 aromatic rings. The third-order valence-corrected chi connectivity index (χ3v) is 9.95. The van der Waals surface area contributed by atoms with Crippen LogP contribution >= 0.6 is 0 Å². The lowest BCUT2D eigenvalue weighted by atomic mass is 9.85. The molecule has 2 aromatic heterocycles. The normalized spacial score (nSPS) is 11.7. The summed E-state index contributed by atoms with van der Waals surface area (Å²) < 4.78 is 2.36. The molecule has 8 aromatic carbocycles. The Kier molecular flexibility index (Phi) is 6.18. The highest BCUT2D eigenvalue weighted by molar-refractivity contribution is 6.28. The highest BCUT2D eigenvalue weighted by atomic mass is 15.0. The molecule has 0 saturated heterocycles. The zero-order chi connectivity index (χ0) is 32.3. The molecular formula is C46H29N3. The van der Waals surface area contributed by atoms with Gasteiger partial charge in [0, 0.05) is 29.0 Å². The van der Waals surface area contributed by atoms with Crippen LogP contribution in [-0.2, 0) is 0 Å². The first-order valence-electron chi connectivity index (χ1n) is 16.6. The predicted octanol–water partition coefficient (Wildman–Crippen LogP) is 12.0. The summed E-state index contributed by atoms with van der Waals surface area (Å²) in [5, 5.41) is 8.94. The summed E-state index contributed by atoms with van der Waals surface area (Å²) >= 11 is 0. The van der Waals surface area contributed by atoms with Crippen molar-refractivity contribution >= 4 is 43.2 Å². The number of hydrogen-bond donors (Lipinski definition) is 0. The van der Waals surface area contributed by atoms with Crippen LogP contribution < -0.4 is 0 Å². The average Bonchev–Trinajstić information content (AvgIpc) is 3.57. The van der Waals surface area contributed by atoms with Crippen molar-refractivity contribution in [1.82, 2.24) is 14.5 Å². The third kappa shape index (κ3) is 4.44. The molecule has 10 rings (SSSR count). The van der Waals surface area contributed by atoms with Crippen molar-refractivity contribution in [1.29, 1.82) is 0 Å². The van der Waals surface area contributed by atoms with E-state index in [0.29, 0.717) is 0 Å². The van der Waals surface area contributed by atoms with Crippen LogP contribution in [0.1, 0.15) is 0 Å². The van der Waals surface area contributed by atoms with Gasteiger partial charge in [0.1, 0.15) is 6.33 Å². The molecule has 228 valence electrons. The number of hydrogen-bond acceptors (Lipinski definition) is 2. The molecule has 2 heterocycles. The first-order valence-corrected chi connectivity index (χ1v) is 16.6. The zero-order valence-electron chi connectivity index (χ0n) is 26.6. The van der Waals surface area contributed by atoms with Crippen LogP contribution in [0.25, 0.3) is 93.5 Å². The van der Waals surface area contributed by atoms with Crippen LogP contribution in [0.4, 0.5) is 0 Å². The quantitative estimate of drug-likeness (QED) is 0.179. The van der Waals surface area contributed by atoms with E-state index < -0.39 is 0 Å². The summed E-state index contributed by atoms with van der Waals surface area (Å²) in [6.07, 6.45) is 5.29. The Balaban J connectivity index is 1.16. The second-order valence-corrected chi connectivity index (χ2v) is 12.7. The molecule has 0 atom stereocenters. The van der Waals surface area contributed by atoms with Crippen LogP contribution in [0.2, 0.25) is 0 Å². The van der Waals surface area contributed by atoms with Gasteiger partial charge in [0.25, 0.3) is 0 Å². The largest absolute Gasteiger partial charge is 0.309 e. The van der Waals surface area contributed by atoms with Gasteiger partial charge in [-0.15, -0.1) is 0 Å². The lowest BCUT2D eigenvalue weighted by Crippen LogP contribution is -1.96. The lowest BCUT2D eigenvalue weighted by molar-refractivity contribution is 1.13. The Hall–Kier alpha value is -6.58. The van der Waals surface area contributed by atoms with Crippen LogP contribution in [-0.4, -0.2) is 14.5 Å². The minimum absolute atomic E-state index is 1.01. The summed E-state index contributed by atoms with van der Waals surface area (Å²) in [4.78, 5) is 8.44. The second-order valence-electron chi connectivity index (χ2n) is 12.7. The fourth-order valence-electron chi connectivity index (χ4n) is 7.64. The Morgan fingerprint density at radius 3 is 1.63 bits per heavy atom. The van der Waals surface area contributed by atoms with E-state index in [1.54, 1.807) is 6.33 Å². The molecule has 3 nitrogen and oxygen atoms in total. The summed E-state index contributed by atoms with van der Waals surface area (Å²) in [6.45, 7) is 0. The molecule has 0 aliphatic rings. The molecule has 0 aliphatic carbocycles. The molecule has 0 N–H and O–H groups in total. The smallest absolute Gasteiger partial charge is 0.115 e. The molecule has 0 bridgehead atoms. The maximum absolute atomic E-state index is 4.22. The molecule has 0 fully saturated rings. The van der Waals surface area contributed by atoms with Gasteiger partial charge in [-0.3, -0.25) is 0 Å². The van der Waals surface area contributed by atoms with E-state index in [1.165, 1.54) is 76.7 Å². The molecular weight excluding hydrogens is 595 g/mol. The first kappa shape index (κ1) is 27.5. The summed E-state index contributed by atoms with van der Waals surface area (Å²) in [6, 6.07) is 57.6. The molecule has 0 unspecified atom stereocenters. The van der Waals surface area contributed by atoms with E-state index >= 15 is 0 Å². The number of para-hydroxylation sites is 2. The number of benzene rings is 8. The van der Waals surface area contributed by atoms with Gasteiger partial charge in [0.15, 0.2) is 0 Å². The molecule has 0 aliphatic heterocycles. The third-order valence-electron chi connectivity index (χ3n) is 9.95. The van der Waals surface area contributed by atoms with E-state index in [2.05, 4.69) is 172 Å². The van der Waals surface area contributed by atoms with Crippen molar-refractivity contribution in [2.45, 2.75) is 0 Å². The van der Waals surface area contributed by atoms with Crippen molar-refractivity contribution < 1.29 is 0 Å². The molecule has 0 radical (unpaired) electrons. The Labute approximate surface area is 283 Å². The number of fused-ring (bicyclic) bond motifs is 1. The number of aromatic nitrogens is 3. The van der Waals surface area contributed by atoms with Gasteiger partial charge < -0.3 is 4.57 Å². The average molecular weight is 624 g/mol. The van der Waals surface area contributed by atoms with Crippen molar-refractivity contribution in [3.05, 3.63) is 176 Å². The van der Waals surface area contributed by atoms with Gasteiger partial charge in [-0.25, -0.2) is 9.97 Å². The van der Waals surface area contributed by atoms with Crippen LogP contribution in [0, 0.1) is 0 Å². The van der Waals surface area contributed by atoms with E-state index in [0.717, 1.165) is 16.8 Å². The van der Waals surface area contributed by atoms with E-state index in [1.807, 2.05) is 12.4 Å². The van der Waals surface area contributed by atoms with Crippen molar-refractivity contribution in [3.63, 3.8) is 0 Å². The highest BCUT2D eigenvalue weighted by Gasteiger charge is 2.18. The maximum atomic E-state index is 4.22. The van der Waals surface area contributed by atoms with Gasteiger partial charge in [0.05, 0.1) is 11.2 Å². The van der Waals surface area contributed by atoms with E-state index in [4.69, 9.17) is 0 Å². The van der Waals surface area contributed by atoms with Gasteiger partial charge in [0.2, 0.25) is 0 Å². The Morgan fingerprint density at radius 1 is 0.388 bits per heavy atom. The first-order chi connectivity index (χ1) is 24.3. The summed E-state index contributed by atoms with van der Waals surface area (Å²) in [5.41, 5.74) is 11.7. The number of nitrogens with zero attached hydrogens (tertiary/aromatic N) is 3. The van der Waals surface area contributed by atoms with E-state index in [-0.39, 0.29) is 0 Å². The fourth-order valence-corrected chi connectivity index (χ4v) is 7.64. The van der Waals surface area contributed by atoms with Gasteiger partial charge >= 0.3 is 0 Å². The summed E-state index contributed by atoms with van der Waals surface area (Å²) in [7, 11) is 0. The molecule has 0 amide bonds. The minimum Gasteiger partial charge on any atom is -0.309 e. The van der Waals surface area contributed by atoms with Crippen LogP contribution in [0.3, 0.4) is 0 Å².